The van der Waals surface area contributed by atoms with Gasteiger partial charge in [0.05, 0.1) is 11.6 Å². The molecule has 1 aliphatic rings. The Morgan fingerprint density at radius 3 is 2.09 bits per heavy atom. The van der Waals surface area contributed by atoms with E-state index in [0.717, 1.165) is 43.5 Å². The van der Waals surface area contributed by atoms with Crippen LogP contribution in [-0.2, 0) is 0 Å². The van der Waals surface area contributed by atoms with Crippen LogP contribution in [0.3, 0.4) is 0 Å². The topological polar surface area (TPSA) is 59.3 Å². The van der Waals surface area contributed by atoms with Crippen LogP contribution in [0, 0.1) is 11.3 Å². The van der Waals surface area contributed by atoms with Crippen LogP contribution >= 0.6 is 0 Å². The fraction of sp³-hybridized carbons (Fsp3) is 0.353. The summed E-state index contributed by atoms with van der Waals surface area (Å²) in [6.07, 6.45) is 0. The second-order valence-corrected chi connectivity index (χ2v) is 5.78. The number of hydrogen-bond acceptors (Lipinski definition) is 6. The van der Waals surface area contributed by atoms with E-state index >= 15 is 0 Å². The summed E-state index contributed by atoms with van der Waals surface area (Å²) in [5, 5.41) is 17.4. The van der Waals surface area contributed by atoms with Crippen LogP contribution in [0.1, 0.15) is 5.56 Å². The van der Waals surface area contributed by atoms with Crippen LogP contribution in [0.25, 0.3) is 0 Å². The molecule has 6 heteroatoms. The molecule has 0 N–H and O–H groups in total. The summed E-state index contributed by atoms with van der Waals surface area (Å²) in [6.45, 7) is 3.69. The second kappa shape index (κ2) is 6.53. The summed E-state index contributed by atoms with van der Waals surface area (Å²) in [6, 6.07) is 13.9. The van der Waals surface area contributed by atoms with Crippen molar-refractivity contribution in [1.29, 1.82) is 5.26 Å². The first-order valence-corrected chi connectivity index (χ1v) is 7.68. The number of piperazine rings is 1. The second-order valence-electron chi connectivity index (χ2n) is 5.78. The molecule has 2 aromatic rings. The Morgan fingerprint density at radius 1 is 0.913 bits per heavy atom. The molecule has 0 amide bonds. The van der Waals surface area contributed by atoms with Crippen LogP contribution in [-0.4, -0.2) is 50.5 Å². The van der Waals surface area contributed by atoms with Gasteiger partial charge in [0.2, 0.25) is 0 Å². The zero-order chi connectivity index (χ0) is 16.2. The number of anilines is 3. The zero-order valence-electron chi connectivity index (χ0n) is 13.5. The van der Waals surface area contributed by atoms with E-state index in [0.29, 0.717) is 5.56 Å². The highest BCUT2D eigenvalue weighted by molar-refractivity contribution is 5.52. The summed E-state index contributed by atoms with van der Waals surface area (Å²) in [5.74, 6) is 1.79. The number of benzene rings is 1. The van der Waals surface area contributed by atoms with E-state index in [1.54, 1.807) is 0 Å². The third kappa shape index (κ3) is 3.34. The van der Waals surface area contributed by atoms with Crippen molar-refractivity contribution in [3.8, 4) is 6.07 Å². The van der Waals surface area contributed by atoms with Crippen molar-refractivity contribution in [1.82, 2.24) is 10.2 Å². The molecule has 0 saturated carbocycles. The van der Waals surface area contributed by atoms with Gasteiger partial charge in [-0.1, -0.05) is 0 Å². The van der Waals surface area contributed by atoms with Crippen LogP contribution in [0.5, 0.6) is 0 Å². The van der Waals surface area contributed by atoms with Crippen molar-refractivity contribution >= 4 is 17.3 Å². The van der Waals surface area contributed by atoms with E-state index < -0.39 is 0 Å². The highest BCUT2D eigenvalue weighted by atomic mass is 15.3. The fourth-order valence-corrected chi connectivity index (χ4v) is 2.67. The average molecular weight is 308 g/mol. The van der Waals surface area contributed by atoms with Gasteiger partial charge in [-0.2, -0.15) is 5.26 Å². The predicted molar refractivity (Wildman–Crippen MR) is 91.9 cm³/mol. The monoisotopic (exact) mass is 308 g/mol. The highest BCUT2D eigenvalue weighted by Gasteiger charge is 2.18. The summed E-state index contributed by atoms with van der Waals surface area (Å²) < 4.78 is 0. The molecular weight excluding hydrogens is 288 g/mol. The Morgan fingerprint density at radius 2 is 1.57 bits per heavy atom. The molecule has 0 unspecified atom stereocenters. The molecule has 0 spiro atoms. The molecule has 0 aliphatic carbocycles. The Labute approximate surface area is 136 Å². The van der Waals surface area contributed by atoms with Crippen molar-refractivity contribution in [2.75, 3.05) is 55.0 Å². The Bertz CT molecular complexity index is 679. The molecule has 2 heterocycles. The molecular formula is C17H20N6. The minimum atomic E-state index is 0.698. The molecule has 0 radical (unpaired) electrons. The molecule has 1 fully saturated rings. The van der Waals surface area contributed by atoms with Crippen molar-refractivity contribution in [2.45, 2.75) is 0 Å². The third-order valence-corrected chi connectivity index (χ3v) is 4.06. The number of rotatable bonds is 3. The molecule has 1 aliphatic heterocycles. The normalized spacial score (nSPS) is 14.5. The van der Waals surface area contributed by atoms with Crippen molar-refractivity contribution < 1.29 is 0 Å². The van der Waals surface area contributed by atoms with Gasteiger partial charge in [-0.25, -0.2) is 0 Å². The van der Waals surface area contributed by atoms with Crippen molar-refractivity contribution in [2.24, 2.45) is 0 Å². The largest absolute Gasteiger partial charge is 0.368 e. The van der Waals surface area contributed by atoms with Gasteiger partial charge in [0.1, 0.15) is 0 Å². The molecule has 3 rings (SSSR count). The first-order chi connectivity index (χ1) is 11.2. The predicted octanol–water partition coefficient (Wildman–Crippen LogP) is 1.74. The molecule has 0 atom stereocenters. The molecule has 1 saturated heterocycles. The molecule has 23 heavy (non-hydrogen) atoms. The van der Waals surface area contributed by atoms with Crippen LogP contribution in [0.2, 0.25) is 0 Å². The first kappa shape index (κ1) is 15.1. The third-order valence-electron chi connectivity index (χ3n) is 4.06. The maximum Gasteiger partial charge on any atom is 0.151 e. The minimum absolute atomic E-state index is 0.698. The van der Waals surface area contributed by atoms with Gasteiger partial charge < -0.3 is 14.7 Å². The summed E-state index contributed by atoms with van der Waals surface area (Å²) >= 11 is 0. The van der Waals surface area contributed by atoms with Gasteiger partial charge in [-0.3, -0.25) is 0 Å². The molecule has 1 aromatic heterocycles. The molecule has 0 bridgehead atoms. The van der Waals surface area contributed by atoms with Gasteiger partial charge in [0.15, 0.2) is 11.6 Å². The van der Waals surface area contributed by atoms with Crippen molar-refractivity contribution in [3.05, 3.63) is 42.0 Å². The Kier molecular flexibility index (Phi) is 4.29. The lowest BCUT2D eigenvalue weighted by atomic mass is 10.2. The first-order valence-electron chi connectivity index (χ1n) is 7.68. The average Bonchev–Trinajstić information content (AvgIpc) is 2.62. The smallest absolute Gasteiger partial charge is 0.151 e. The maximum atomic E-state index is 8.87. The van der Waals surface area contributed by atoms with Crippen LogP contribution in [0.15, 0.2) is 36.4 Å². The summed E-state index contributed by atoms with van der Waals surface area (Å²) in [7, 11) is 3.92. The summed E-state index contributed by atoms with van der Waals surface area (Å²) in [4.78, 5) is 6.53. The number of hydrogen-bond donors (Lipinski definition) is 0. The van der Waals surface area contributed by atoms with E-state index in [4.69, 9.17) is 5.26 Å². The summed E-state index contributed by atoms with van der Waals surface area (Å²) in [5.41, 5.74) is 1.86. The van der Waals surface area contributed by atoms with Gasteiger partial charge >= 0.3 is 0 Å². The van der Waals surface area contributed by atoms with Gasteiger partial charge in [0.25, 0.3) is 0 Å². The van der Waals surface area contributed by atoms with E-state index in [2.05, 4.69) is 26.1 Å². The van der Waals surface area contributed by atoms with Gasteiger partial charge in [0, 0.05) is 46.0 Å². The molecule has 118 valence electrons. The van der Waals surface area contributed by atoms with E-state index in [9.17, 15) is 0 Å². The maximum absolute atomic E-state index is 8.87. The number of nitriles is 1. The standard InChI is InChI=1S/C17H20N6/c1-21(2)16-7-8-17(20-19-16)23-11-9-22(10-12-23)15-5-3-14(13-18)4-6-15/h3-8H,9-12H2,1-2H3. The Balaban J connectivity index is 1.62. The lowest BCUT2D eigenvalue weighted by Crippen LogP contribution is -2.46. The van der Waals surface area contributed by atoms with Gasteiger partial charge in [-0.15, -0.1) is 10.2 Å². The van der Waals surface area contributed by atoms with Crippen LogP contribution in [0.4, 0.5) is 17.3 Å². The minimum Gasteiger partial charge on any atom is -0.368 e. The number of aromatic nitrogens is 2. The molecule has 1 aromatic carbocycles. The fourth-order valence-electron chi connectivity index (χ4n) is 2.67. The quantitative estimate of drug-likeness (QED) is 0.861. The van der Waals surface area contributed by atoms with Crippen LogP contribution < -0.4 is 14.7 Å². The van der Waals surface area contributed by atoms with Gasteiger partial charge in [-0.05, 0) is 36.4 Å². The van der Waals surface area contributed by atoms with E-state index in [-0.39, 0.29) is 0 Å². The zero-order valence-corrected chi connectivity index (χ0v) is 13.5. The Hall–Kier alpha value is -2.81. The highest BCUT2D eigenvalue weighted by Crippen LogP contribution is 2.20. The lowest BCUT2D eigenvalue weighted by Gasteiger charge is -2.36. The number of nitrogens with zero attached hydrogens (tertiary/aromatic N) is 6. The van der Waals surface area contributed by atoms with E-state index in [1.807, 2.05) is 55.4 Å². The lowest BCUT2D eigenvalue weighted by molar-refractivity contribution is 0.643. The SMILES string of the molecule is CN(C)c1ccc(N2CCN(c3ccc(C#N)cc3)CC2)nn1. The van der Waals surface area contributed by atoms with Crippen molar-refractivity contribution in [3.63, 3.8) is 0 Å². The van der Waals surface area contributed by atoms with E-state index in [1.165, 1.54) is 0 Å². The molecule has 6 nitrogen and oxygen atoms in total.